The Kier molecular flexibility index (Phi) is 5.63. The van der Waals surface area contributed by atoms with Crippen molar-refractivity contribution in [1.29, 1.82) is 0 Å². The highest BCUT2D eigenvalue weighted by Crippen LogP contribution is 2.23. The van der Waals surface area contributed by atoms with Crippen LogP contribution in [0.2, 0.25) is 5.02 Å². The molecule has 0 aromatic heterocycles. The molecule has 0 heterocycles. The van der Waals surface area contributed by atoms with Gasteiger partial charge in [0.25, 0.3) is 5.91 Å². The molecule has 1 unspecified atom stereocenters. The minimum atomic E-state index is -0.894. The predicted octanol–water partition coefficient (Wildman–Crippen LogP) is 1.99. The quantitative estimate of drug-likeness (QED) is 0.640. The van der Waals surface area contributed by atoms with Crippen molar-refractivity contribution in [3.8, 4) is 0 Å². The van der Waals surface area contributed by atoms with Gasteiger partial charge in [0.05, 0.1) is 5.02 Å². The molecule has 0 radical (unpaired) electrons. The van der Waals surface area contributed by atoms with Gasteiger partial charge in [-0.05, 0) is 25.5 Å². The summed E-state index contributed by atoms with van der Waals surface area (Å²) in [5, 5.41) is 2.84. The number of hydrogen-bond acceptors (Lipinski definition) is 4. The lowest BCUT2D eigenvalue weighted by atomic mass is 10.2. The molecule has 3 N–H and O–H groups in total. The average molecular weight is 285 g/mol. The normalized spacial score (nSPS) is 11.7. The molecule has 0 fully saturated rings. The summed E-state index contributed by atoms with van der Waals surface area (Å²) in [6.07, 6.45) is -0.0844. The largest absolute Gasteiger partial charge is 0.449 e. The number of anilines is 1. The Morgan fingerprint density at radius 2 is 2.16 bits per heavy atom. The van der Waals surface area contributed by atoms with Gasteiger partial charge in [-0.1, -0.05) is 24.6 Å². The average Bonchev–Trinajstić information content (AvgIpc) is 2.35. The van der Waals surface area contributed by atoms with Gasteiger partial charge in [-0.3, -0.25) is 4.79 Å². The lowest BCUT2D eigenvalue weighted by Gasteiger charge is -2.14. The first-order valence-electron chi connectivity index (χ1n) is 6.00. The van der Waals surface area contributed by atoms with E-state index in [0.29, 0.717) is 6.54 Å². The van der Waals surface area contributed by atoms with E-state index in [9.17, 15) is 9.59 Å². The fraction of sp³-hybridized carbons (Fsp3) is 0.385. The number of amides is 1. The smallest absolute Gasteiger partial charge is 0.342 e. The van der Waals surface area contributed by atoms with Gasteiger partial charge in [-0.15, -0.1) is 0 Å². The molecule has 0 saturated carbocycles. The van der Waals surface area contributed by atoms with Crippen molar-refractivity contribution in [2.24, 2.45) is 0 Å². The van der Waals surface area contributed by atoms with Crippen molar-refractivity contribution >= 4 is 29.2 Å². The van der Waals surface area contributed by atoms with E-state index < -0.39 is 12.1 Å². The molecular weight excluding hydrogens is 268 g/mol. The van der Waals surface area contributed by atoms with Crippen LogP contribution in [-0.2, 0) is 9.53 Å². The summed E-state index contributed by atoms with van der Waals surface area (Å²) in [7, 11) is 0. The fourth-order valence-corrected chi connectivity index (χ4v) is 1.68. The highest BCUT2D eigenvalue weighted by Gasteiger charge is 2.21. The molecule has 5 nitrogen and oxygen atoms in total. The van der Waals surface area contributed by atoms with Gasteiger partial charge < -0.3 is 15.8 Å². The molecule has 6 heteroatoms. The van der Waals surface area contributed by atoms with Crippen LogP contribution in [-0.4, -0.2) is 24.5 Å². The molecule has 0 bridgehead atoms. The van der Waals surface area contributed by atoms with Crippen molar-refractivity contribution in [2.75, 3.05) is 12.3 Å². The molecule has 1 atom stereocenters. The summed E-state index contributed by atoms with van der Waals surface area (Å²) >= 11 is 5.89. The monoisotopic (exact) mass is 284 g/mol. The van der Waals surface area contributed by atoms with Crippen LogP contribution in [0, 0.1) is 0 Å². The molecular formula is C13H17ClN2O3. The molecule has 0 aliphatic heterocycles. The number of nitrogen functional groups attached to an aromatic ring is 1. The SMILES string of the molecule is CCCNC(=O)C(C)OC(=O)c1c(N)cccc1Cl. The minimum Gasteiger partial charge on any atom is -0.449 e. The van der Waals surface area contributed by atoms with Crippen LogP contribution < -0.4 is 11.1 Å². The lowest BCUT2D eigenvalue weighted by molar-refractivity contribution is -0.129. The number of nitrogens with two attached hydrogens (primary N) is 1. The number of esters is 1. The highest BCUT2D eigenvalue weighted by molar-refractivity contribution is 6.34. The zero-order chi connectivity index (χ0) is 14.4. The van der Waals surface area contributed by atoms with E-state index in [-0.39, 0.29) is 22.2 Å². The third-order valence-corrected chi connectivity index (χ3v) is 2.77. The Morgan fingerprint density at radius 3 is 2.74 bits per heavy atom. The van der Waals surface area contributed by atoms with E-state index >= 15 is 0 Å². The number of hydrogen-bond donors (Lipinski definition) is 2. The molecule has 1 amide bonds. The van der Waals surface area contributed by atoms with Crippen LogP contribution in [0.3, 0.4) is 0 Å². The molecule has 19 heavy (non-hydrogen) atoms. The minimum absolute atomic E-state index is 0.0827. The Labute approximate surface area is 117 Å². The Hall–Kier alpha value is -1.75. The summed E-state index contributed by atoms with van der Waals surface area (Å²) in [5.41, 5.74) is 5.97. The van der Waals surface area contributed by atoms with E-state index in [0.717, 1.165) is 6.42 Å². The summed E-state index contributed by atoms with van der Waals surface area (Å²) in [6.45, 7) is 3.96. The van der Waals surface area contributed by atoms with Crippen LogP contribution >= 0.6 is 11.6 Å². The molecule has 0 aliphatic rings. The van der Waals surface area contributed by atoms with Crippen LogP contribution in [0.4, 0.5) is 5.69 Å². The van der Waals surface area contributed by atoms with Crippen molar-refractivity contribution in [2.45, 2.75) is 26.4 Å². The summed E-state index contributed by atoms with van der Waals surface area (Å²) in [6, 6.07) is 4.71. The number of benzene rings is 1. The van der Waals surface area contributed by atoms with Gasteiger partial charge in [-0.25, -0.2) is 4.79 Å². The Morgan fingerprint density at radius 1 is 1.47 bits per heavy atom. The number of nitrogens with one attached hydrogen (secondary N) is 1. The fourth-order valence-electron chi connectivity index (χ4n) is 1.42. The molecule has 1 rings (SSSR count). The third-order valence-electron chi connectivity index (χ3n) is 2.45. The topological polar surface area (TPSA) is 81.4 Å². The van der Waals surface area contributed by atoms with E-state index in [1.54, 1.807) is 12.1 Å². The predicted molar refractivity (Wildman–Crippen MR) is 74.0 cm³/mol. The van der Waals surface area contributed by atoms with Crippen molar-refractivity contribution < 1.29 is 14.3 Å². The third kappa shape index (κ3) is 4.13. The maximum Gasteiger partial charge on any atom is 0.342 e. The second-order valence-electron chi connectivity index (χ2n) is 4.04. The Balaban J connectivity index is 2.72. The number of carbonyl (C=O) groups is 2. The van der Waals surface area contributed by atoms with Gasteiger partial charge in [0.2, 0.25) is 0 Å². The van der Waals surface area contributed by atoms with Crippen LogP contribution in [0.5, 0.6) is 0 Å². The first-order valence-corrected chi connectivity index (χ1v) is 6.37. The first kappa shape index (κ1) is 15.3. The molecule has 0 saturated heterocycles. The zero-order valence-corrected chi connectivity index (χ0v) is 11.7. The molecule has 1 aromatic carbocycles. The van der Waals surface area contributed by atoms with Gasteiger partial charge in [0, 0.05) is 12.2 Å². The van der Waals surface area contributed by atoms with Gasteiger partial charge in [-0.2, -0.15) is 0 Å². The second-order valence-corrected chi connectivity index (χ2v) is 4.45. The van der Waals surface area contributed by atoms with Crippen molar-refractivity contribution in [1.82, 2.24) is 5.32 Å². The zero-order valence-electron chi connectivity index (χ0n) is 10.9. The van der Waals surface area contributed by atoms with Gasteiger partial charge in [0.15, 0.2) is 6.10 Å². The molecule has 1 aromatic rings. The standard InChI is InChI=1S/C13H17ClN2O3/c1-3-7-16-12(17)8(2)19-13(18)11-9(14)5-4-6-10(11)15/h4-6,8H,3,7,15H2,1-2H3,(H,16,17). The second kappa shape index (κ2) is 6.99. The number of rotatable bonds is 5. The van der Waals surface area contributed by atoms with Gasteiger partial charge >= 0.3 is 5.97 Å². The van der Waals surface area contributed by atoms with E-state index in [1.807, 2.05) is 6.92 Å². The van der Waals surface area contributed by atoms with Crippen LogP contribution in [0.15, 0.2) is 18.2 Å². The first-order chi connectivity index (χ1) is 8.97. The van der Waals surface area contributed by atoms with E-state index in [4.69, 9.17) is 22.1 Å². The van der Waals surface area contributed by atoms with Crippen LogP contribution in [0.25, 0.3) is 0 Å². The van der Waals surface area contributed by atoms with E-state index in [2.05, 4.69) is 5.32 Å². The van der Waals surface area contributed by atoms with Crippen LogP contribution in [0.1, 0.15) is 30.6 Å². The highest BCUT2D eigenvalue weighted by atomic mass is 35.5. The molecule has 104 valence electrons. The number of halogens is 1. The van der Waals surface area contributed by atoms with Crippen molar-refractivity contribution in [3.63, 3.8) is 0 Å². The number of carbonyl (C=O) groups excluding carboxylic acids is 2. The summed E-state index contributed by atoms with van der Waals surface area (Å²) in [5.74, 6) is -1.05. The number of ether oxygens (including phenoxy) is 1. The van der Waals surface area contributed by atoms with E-state index in [1.165, 1.54) is 13.0 Å². The maximum absolute atomic E-state index is 11.9. The molecule has 0 spiro atoms. The van der Waals surface area contributed by atoms with Gasteiger partial charge in [0.1, 0.15) is 5.56 Å². The lowest BCUT2D eigenvalue weighted by Crippen LogP contribution is -2.36. The summed E-state index contributed by atoms with van der Waals surface area (Å²) < 4.78 is 5.04. The molecule has 0 aliphatic carbocycles. The summed E-state index contributed by atoms with van der Waals surface area (Å²) in [4.78, 5) is 23.5. The Bertz CT molecular complexity index is 457. The van der Waals surface area contributed by atoms with Crippen molar-refractivity contribution in [3.05, 3.63) is 28.8 Å². The maximum atomic E-state index is 11.9.